The van der Waals surface area contributed by atoms with Gasteiger partial charge < -0.3 is 36.3 Å². The van der Waals surface area contributed by atoms with Gasteiger partial charge >= 0.3 is 6.09 Å². The molecule has 2 atom stereocenters. The van der Waals surface area contributed by atoms with E-state index in [9.17, 15) is 14.0 Å². The Bertz CT molecular complexity index is 1240. The van der Waals surface area contributed by atoms with Crippen LogP contribution in [0.3, 0.4) is 0 Å². The van der Waals surface area contributed by atoms with Gasteiger partial charge in [-0.15, -0.1) is 4.80 Å². The van der Waals surface area contributed by atoms with Gasteiger partial charge in [0.1, 0.15) is 18.1 Å². The lowest BCUT2D eigenvalue weighted by molar-refractivity contribution is 0.1000. The average Bonchev–Trinajstić information content (AvgIpc) is 3.40. The molecule has 0 spiro atoms. The molecule has 0 saturated carbocycles. The molecule has 0 aromatic carbocycles. The summed E-state index contributed by atoms with van der Waals surface area (Å²) in [5, 5.41) is 25.6. The molecule has 0 bridgehead atoms. The lowest BCUT2D eigenvalue weighted by Crippen LogP contribution is -2.44. The molecule has 0 fully saturated rings. The summed E-state index contributed by atoms with van der Waals surface area (Å²) in [6, 6.07) is 1.54. The number of rotatable bonds is 14. The number of carbonyl (C=O) groups is 2. The highest BCUT2D eigenvalue weighted by Crippen LogP contribution is 2.28. The van der Waals surface area contributed by atoms with Gasteiger partial charge in [0, 0.05) is 19.2 Å². The van der Waals surface area contributed by atoms with Crippen molar-refractivity contribution in [2.45, 2.75) is 38.8 Å². The van der Waals surface area contributed by atoms with Crippen molar-refractivity contribution in [3.63, 3.8) is 0 Å². The van der Waals surface area contributed by atoms with Gasteiger partial charge in [-0.2, -0.15) is 10.2 Å². The Balaban J connectivity index is 1.96. The van der Waals surface area contributed by atoms with Crippen molar-refractivity contribution in [1.82, 2.24) is 30.3 Å². The number of primary amides is 1. The van der Waals surface area contributed by atoms with Crippen LogP contribution in [0, 0.1) is 5.82 Å². The molecule has 204 valence electrons. The molecule has 3 rings (SSSR count). The molecule has 0 aliphatic heterocycles. The number of ether oxygens (including phenoxy) is 2. The Labute approximate surface area is 217 Å². The van der Waals surface area contributed by atoms with E-state index < -0.39 is 29.9 Å². The Morgan fingerprint density at radius 2 is 1.95 bits per heavy atom. The van der Waals surface area contributed by atoms with E-state index >= 15 is 0 Å². The van der Waals surface area contributed by atoms with Crippen molar-refractivity contribution in [2.75, 3.05) is 31.0 Å². The molecule has 2 amide bonds. The van der Waals surface area contributed by atoms with Crippen LogP contribution < -0.4 is 26.4 Å². The molecule has 0 unspecified atom stereocenters. The van der Waals surface area contributed by atoms with Crippen molar-refractivity contribution in [3.8, 4) is 11.6 Å². The molecule has 38 heavy (non-hydrogen) atoms. The minimum absolute atomic E-state index is 0.0373. The van der Waals surface area contributed by atoms with E-state index in [1.807, 2.05) is 6.92 Å². The highest BCUT2D eigenvalue weighted by atomic mass is 19.1. The number of halogens is 1. The summed E-state index contributed by atoms with van der Waals surface area (Å²) in [5.74, 6) is -1.72. The number of carboxylic acid groups (broad SMARTS) is 1. The second-order valence-electron chi connectivity index (χ2n) is 8.19. The summed E-state index contributed by atoms with van der Waals surface area (Å²) in [4.78, 5) is 33.1. The molecule has 3 aromatic rings. The molecular formula is C23H30FN9O5. The maximum absolute atomic E-state index is 15.0. The maximum Gasteiger partial charge on any atom is 0.404 e. The smallest absolute Gasteiger partial charge is 0.404 e. The molecule has 0 radical (unpaired) electrons. The summed E-state index contributed by atoms with van der Waals surface area (Å²) < 4.78 is 25.6. The number of nitrogens with two attached hydrogens (primary N) is 1. The first kappa shape index (κ1) is 28.0. The van der Waals surface area contributed by atoms with E-state index in [0.717, 1.165) is 6.07 Å². The zero-order valence-electron chi connectivity index (χ0n) is 21.1. The van der Waals surface area contributed by atoms with Crippen LogP contribution in [0.1, 0.15) is 37.0 Å². The molecule has 0 saturated heterocycles. The van der Waals surface area contributed by atoms with Crippen LogP contribution >= 0.6 is 0 Å². The summed E-state index contributed by atoms with van der Waals surface area (Å²) in [6.45, 7) is 4.14. The van der Waals surface area contributed by atoms with Crippen LogP contribution in [0.15, 0.2) is 30.7 Å². The predicted octanol–water partition coefficient (Wildman–Crippen LogP) is 2.30. The minimum atomic E-state index is -1.20. The van der Waals surface area contributed by atoms with Crippen LogP contribution in [-0.4, -0.2) is 74.5 Å². The van der Waals surface area contributed by atoms with Gasteiger partial charge in [-0.05, 0) is 25.5 Å². The fraction of sp³-hybridized carbons (Fsp3) is 0.391. The van der Waals surface area contributed by atoms with Crippen LogP contribution in [0.5, 0.6) is 5.88 Å². The third-order valence-electron chi connectivity index (χ3n) is 5.37. The van der Waals surface area contributed by atoms with E-state index in [0.29, 0.717) is 30.8 Å². The van der Waals surface area contributed by atoms with Crippen molar-refractivity contribution >= 4 is 29.3 Å². The maximum atomic E-state index is 15.0. The minimum Gasteiger partial charge on any atom is -0.474 e. The molecule has 3 aromatic heterocycles. The zero-order chi connectivity index (χ0) is 27.7. The van der Waals surface area contributed by atoms with E-state index in [2.05, 4.69) is 36.1 Å². The Kier molecular flexibility index (Phi) is 9.70. The monoisotopic (exact) mass is 531 g/mol. The average molecular weight is 532 g/mol. The topological polar surface area (TPSA) is 191 Å². The number of nitrogens with one attached hydrogen (secondary N) is 3. The second-order valence-corrected chi connectivity index (χ2v) is 8.19. The number of amides is 2. The molecule has 0 aliphatic rings. The second kappa shape index (κ2) is 13.1. The predicted molar refractivity (Wildman–Crippen MR) is 135 cm³/mol. The standard InChI is InChI=1S/C23H30FN9O5/c1-4-5-17(13(2)29-23(35)36)31-21-16(24)11-15(19(25)34)20(32-21)30-14-10-18(33-27-6-7-28-33)22(26-12-14)38-9-8-37-3/h6-7,10-13,17,29H,4-5,8-9H2,1-3H3,(H2,25,34)(H,35,36)(H2,30,31,32)/t13-,17+/m0/s1. The number of anilines is 3. The lowest BCUT2D eigenvalue weighted by Gasteiger charge is -2.26. The van der Waals surface area contributed by atoms with E-state index in [1.54, 1.807) is 20.1 Å². The van der Waals surface area contributed by atoms with Crippen LogP contribution in [-0.2, 0) is 4.74 Å². The quantitative estimate of drug-likeness (QED) is 0.192. The summed E-state index contributed by atoms with van der Waals surface area (Å²) in [6.07, 6.45) is 4.41. The molecule has 14 nitrogen and oxygen atoms in total. The van der Waals surface area contributed by atoms with Gasteiger partial charge in [0.15, 0.2) is 11.6 Å². The molecule has 15 heteroatoms. The van der Waals surface area contributed by atoms with Crippen molar-refractivity contribution in [1.29, 1.82) is 0 Å². The van der Waals surface area contributed by atoms with Gasteiger partial charge in [0.2, 0.25) is 5.88 Å². The van der Waals surface area contributed by atoms with Gasteiger partial charge in [0.25, 0.3) is 5.91 Å². The lowest BCUT2D eigenvalue weighted by atomic mass is 10.0. The fourth-order valence-electron chi connectivity index (χ4n) is 3.56. The molecular weight excluding hydrogens is 501 g/mol. The Morgan fingerprint density at radius 1 is 1.21 bits per heavy atom. The van der Waals surface area contributed by atoms with Gasteiger partial charge in [0.05, 0.1) is 36.4 Å². The van der Waals surface area contributed by atoms with Crippen molar-refractivity contribution in [2.24, 2.45) is 5.73 Å². The van der Waals surface area contributed by atoms with Crippen LogP contribution in [0.25, 0.3) is 5.69 Å². The van der Waals surface area contributed by atoms with Gasteiger partial charge in [-0.1, -0.05) is 13.3 Å². The fourth-order valence-corrected chi connectivity index (χ4v) is 3.56. The Hall–Kier alpha value is -4.53. The zero-order valence-corrected chi connectivity index (χ0v) is 21.1. The summed E-state index contributed by atoms with van der Waals surface area (Å²) in [5.41, 5.74) is 6.03. The van der Waals surface area contributed by atoms with Crippen molar-refractivity contribution < 1.29 is 28.6 Å². The highest BCUT2D eigenvalue weighted by molar-refractivity contribution is 5.98. The number of hydrogen-bond donors (Lipinski definition) is 5. The number of hydrogen-bond acceptors (Lipinski definition) is 10. The van der Waals surface area contributed by atoms with Gasteiger partial charge in [-0.3, -0.25) is 4.79 Å². The third kappa shape index (κ3) is 7.25. The van der Waals surface area contributed by atoms with E-state index in [-0.39, 0.29) is 29.7 Å². The molecule has 0 aliphatic carbocycles. The van der Waals surface area contributed by atoms with Crippen LogP contribution in [0.4, 0.5) is 26.5 Å². The number of nitrogens with zero attached hydrogens (tertiary/aromatic N) is 5. The largest absolute Gasteiger partial charge is 0.474 e. The highest BCUT2D eigenvalue weighted by Gasteiger charge is 2.23. The number of carbonyl (C=O) groups excluding carboxylic acids is 1. The number of aromatic nitrogens is 5. The Morgan fingerprint density at radius 3 is 2.58 bits per heavy atom. The first-order valence-corrected chi connectivity index (χ1v) is 11.7. The number of methoxy groups -OCH3 is 1. The van der Waals surface area contributed by atoms with Gasteiger partial charge in [-0.25, -0.2) is 19.2 Å². The normalized spacial score (nSPS) is 12.4. The summed E-state index contributed by atoms with van der Waals surface area (Å²) >= 11 is 0. The van der Waals surface area contributed by atoms with E-state index in [4.69, 9.17) is 20.3 Å². The SMILES string of the molecule is CCC[C@@H](Nc1nc(Nc2cnc(OCCOC)c(-n3nccn3)c2)c(C(N)=O)cc1F)[C@H](C)NC(=O)O. The van der Waals surface area contributed by atoms with Crippen LogP contribution in [0.2, 0.25) is 0 Å². The summed E-state index contributed by atoms with van der Waals surface area (Å²) in [7, 11) is 1.54. The van der Waals surface area contributed by atoms with Crippen molar-refractivity contribution in [3.05, 3.63) is 42.1 Å². The number of pyridine rings is 2. The molecule has 6 N–H and O–H groups in total. The first-order chi connectivity index (χ1) is 18.2. The molecule has 3 heterocycles. The first-order valence-electron chi connectivity index (χ1n) is 11.7. The third-order valence-corrected chi connectivity index (χ3v) is 5.37. The van der Waals surface area contributed by atoms with E-state index in [1.165, 1.54) is 23.4 Å².